The highest BCUT2D eigenvalue weighted by molar-refractivity contribution is 7.89. The molecule has 0 unspecified atom stereocenters. The molecular weight excluding hydrogens is 282 g/mol. The fraction of sp³-hybridized carbons (Fsp3) is 0.667. The molecule has 1 aliphatic carbocycles. The topological polar surface area (TPSA) is 103 Å². The van der Waals surface area contributed by atoms with Gasteiger partial charge in [-0.25, -0.2) is 13.2 Å². The molecule has 1 aromatic heterocycles. The van der Waals surface area contributed by atoms with Gasteiger partial charge < -0.3 is 5.11 Å². The van der Waals surface area contributed by atoms with Crippen LogP contribution in [0.5, 0.6) is 0 Å². The number of H-pyrrole nitrogens is 1. The Bertz CT molecular complexity index is 602. The van der Waals surface area contributed by atoms with Crippen molar-refractivity contribution < 1.29 is 18.3 Å². The third-order valence-corrected chi connectivity index (χ3v) is 5.53. The number of nitrogens with one attached hydrogen (secondary N) is 1. The summed E-state index contributed by atoms with van der Waals surface area (Å²) in [7, 11) is -2.40. The Morgan fingerprint density at radius 2 is 2.05 bits per heavy atom. The molecule has 1 saturated carbocycles. The number of hydrogen-bond acceptors (Lipinski definition) is 4. The van der Waals surface area contributed by atoms with Crippen molar-refractivity contribution in [3.8, 4) is 0 Å². The molecule has 20 heavy (non-hydrogen) atoms. The fourth-order valence-electron chi connectivity index (χ4n) is 2.65. The van der Waals surface area contributed by atoms with E-state index in [-0.39, 0.29) is 11.3 Å². The lowest BCUT2D eigenvalue weighted by Gasteiger charge is -2.19. The van der Waals surface area contributed by atoms with E-state index in [1.54, 1.807) is 0 Å². The lowest BCUT2D eigenvalue weighted by atomic mass is 10.1. The lowest BCUT2D eigenvalue weighted by molar-refractivity contribution is 0.0691. The first-order chi connectivity index (χ1) is 9.34. The molecule has 0 atom stereocenters. The minimum Gasteiger partial charge on any atom is -0.478 e. The minimum atomic E-state index is -3.87. The second kappa shape index (κ2) is 5.53. The average Bonchev–Trinajstić information content (AvgIpc) is 2.98. The first-order valence-corrected chi connectivity index (χ1v) is 8.02. The number of nitrogens with zero attached hydrogens (tertiary/aromatic N) is 2. The fourth-order valence-corrected chi connectivity index (χ4v) is 4.01. The van der Waals surface area contributed by atoms with E-state index < -0.39 is 21.0 Å². The van der Waals surface area contributed by atoms with Crippen molar-refractivity contribution in [2.24, 2.45) is 5.92 Å². The van der Waals surface area contributed by atoms with Crippen LogP contribution in [0.15, 0.2) is 5.03 Å². The summed E-state index contributed by atoms with van der Waals surface area (Å²) in [6.07, 6.45) is 4.29. The summed E-state index contributed by atoms with van der Waals surface area (Å²) >= 11 is 0. The Labute approximate surface area is 118 Å². The summed E-state index contributed by atoms with van der Waals surface area (Å²) in [6, 6.07) is 0. The Balaban J connectivity index is 2.27. The van der Waals surface area contributed by atoms with Crippen LogP contribution in [-0.2, 0) is 10.0 Å². The van der Waals surface area contributed by atoms with Crippen LogP contribution in [-0.4, -0.2) is 47.6 Å². The van der Waals surface area contributed by atoms with Crippen LogP contribution in [0.25, 0.3) is 0 Å². The van der Waals surface area contributed by atoms with Gasteiger partial charge in [0.2, 0.25) is 5.03 Å². The van der Waals surface area contributed by atoms with Crippen molar-refractivity contribution in [1.82, 2.24) is 14.5 Å². The highest BCUT2D eigenvalue weighted by Gasteiger charge is 2.32. The second-order valence-corrected chi connectivity index (χ2v) is 7.23. The molecule has 0 bridgehead atoms. The molecule has 1 aromatic rings. The Kier molecular flexibility index (Phi) is 4.14. The second-order valence-electron chi connectivity index (χ2n) is 5.27. The van der Waals surface area contributed by atoms with Crippen LogP contribution in [0.1, 0.15) is 41.7 Å². The van der Waals surface area contributed by atoms with Crippen LogP contribution in [0.3, 0.4) is 0 Å². The molecule has 2 rings (SSSR count). The summed E-state index contributed by atoms with van der Waals surface area (Å²) in [5.74, 6) is -0.938. The largest absolute Gasteiger partial charge is 0.478 e. The molecule has 1 heterocycles. The first-order valence-electron chi connectivity index (χ1n) is 6.58. The van der Waals surface area contributed by atoms with Gasteiger partial charge in [0.05, 0.1) is 0 Å². The van der Waals surface area contributed by atoms with E-state index in [0.717, 1.165) is 25.7 Å². The zero-order valence-electron chi connectivity index (χ0n) is 11.6. The van der Waals surface area contributed by atoms with Crippen molar-refractivity contribution in [3.63, 3.8) is 0 Å². The zero-order valence-corrected chi connectivity index (χ0v) is 12.4. The maximum absolute atomic E-state index is 12.4. The number of carboxylic acids is 1. The van der Waals surface area contributed by atoms with Gasteiger partial charge in [0.25, 0.3) is 10.0 Å². The molecule has 0 aliphatic heterocycles. The quantitative estimate of drug-likeness (QED) is 0.851. The van der Waals surface area contributed by atoms with Crippen molar-refractivity contribution in [1.29, 1.82) is 0 Å². The van der Waals surface area contributed by atoms with Crippen LogP contribution in [0.4, 0.5) is 0 Å². The van der Waals surface area contributed by atoms with Gasteiger partial charge in [-0.05, 0) is 25.7 Å². The van der Waals surface area contributed by atoms with E-state index >= 15 is 0 Å². The van der Waals surface area contributed by atoms with Gasteiger partial charge in [-0.15, -0.1) is 0 Å². The molecule has 1 aliphatic rings. The molecule has 0 amide bonds. The number of carboxylic acid groups (broad SMARTS) is 1. The van der Waals surface area contributed by atoms with Crippen LogP contribution < -0.4 is 0 Å². The Morgan fingerprint density at radius 1 is 1.45 bits per heavy atom. The molecule has 0 spiro atoms. The van der Waals surface area contributed by atoms with E-state index in [4.69, 9.17) is 5.11 Å². The van der Waals surface area contributed by atoms with Crippen molar-refractivity contribution in [2.45, 2.75) is 37.6 Å². The normalized spacial score (nSPS) is 16.9. The summed E-state index contributed by atoms with van der Waals surface area (Å²) in [5, 5.41) is 14.8. The predicted octanol–water partition coefficient (Wildman–Crippen LogP) is 1.23. The third kappa shape index (κ3) is 2.71. The molecule has 7 nitrogen and oxygen atoms in total. The summed E-state index contributed by atoms with van der Waals surface area (Å²) in [5.41, 5.74) is -0.0337. The number of aromatic carboxylic acids is 1. The number of sulfonamides is 1. The van der Waals surface area contributed by atoms with Crippen molar-refractivity contribution >= 4 is 16.0 Å². The molecule has 0 aromatic carbocycles. The molecule has 1 fully saturated rings. The third-order valence-electron chi connectivity index (χ3n) is 3.77. The number of hydrogen-bond donors (Lipinski definition) is 2. The van der Waals surface area contributed by atoms with E-state index in [1.807, 2.05) is 0 Å². The van der Waals surface area contributed by atoms with Gasteiger partial charge in [-0.1, -0.05) is 12.8 Å². The van der Waals surface area contributed by atoms with Gasteiger partial charge >= 0.3 is 5.97 Å². The molecule has 0 saturated heterocycles. The van der Waals surface area contributed by atoms with Gasteiger partial charge in [-0.2, -0.15) is 9.40 Å². The van der Waals surface area contributed by atoms with E-state index in [0.29, 0.717) is 12.5 Å². The van der Waals surface area contributed by atoms with Gasteiger partial charge in [0, 0.05) is 19.3 Å². The standard InChI is InChI=1S/C12H19N3O4S/c1-8-10(12(16)17)11(14-13-8)20(18,19)15(2)7-9-5-3-4-6-9/h9H,3-7H2,1-2H3,(H,13,14)(H,16,17). The van der Waals surface area contributed by atoms with E-state index in [2.05, 4.69) is 10.2 Å². The number of aryl methyl sites for hydroxylation is 1. The van der Waals surface area contributed by atoms with Gasteiger partial charge in [0.15, 0.2) is 0 Å². The molecular formula is C12H19N3O4S. The summed E-state index contributed by atoms with van der Waals surface area (Å²) in [6.45, 7) is 1.90. The van der Waals surface area contributed by atoms with Crippen LogP contribution in [0.2, 0.25) is 0 Å². The van der Waals surface area contributed by atoms with E-state index in [1.165, 1.54) is 18.3 Å². The Morgan fingerprint density at radius 3 is 2.60 bits per heavy atom. The monoisotopic (exact) mass is 301 g/mol. The maximum atomic E-state index is 12.4. The number of carbonyl (C=O) groups is 1. The van der Waals surface area contributed by atoms with Crippen LogP contribution >= 0.6 is 0 Å². The number of aromatic nitrogens is 2. The van der Waals surface area contributed by atoms with Crippen molar-refractivity contribution in [2.75, 3.05) is 13.6 Å². The highest BCUT2D eigenvalue weighted by Crippen LogP contribution is 2.27. The average molecular weight is 301 g/mol. The number of aromatic amines is 1. The molecule has 8 heteroatoms. The van der Waals surface area contributed by atoms with Crippen LogP contribution in [0, 0.1) is 12.8 Å². The summed E-state index contributed by atoms with van der Waals surface area (Å²) < 4.78 is 26.1. The lowest BCUT2D eigenvalue weighted by Crippen LogP contribution is -2.32. The molecule has 2 N–H and O–H groups in total. The zero-order chi connectivity index (χ0) is 14.9. The SMILES string of the molecule is Cc1[nH]nc(S(=O)(=O)N(C)CC2CCCC2)c1C(=O)O. The smallest absolute Gasteiger partial charge is 0.340 e. The van der Waals surface area contributed by atoms with Gasteiger partial charge in [-0.3, -0.25) is 5.10 Å². The van der Waals surface area contributed by atoms with E-state index in [9.17, 15) is 13.2 Å². The molecule has 0 radical (unpaired) electrons. The highest BCUT2D eigenvalue weighted by atomic mass is 32.2. The Hall–Kier alpha value is -1.41. The van der Waals surface area contributed by atoms with Crippen molar-refractivity contribution in [3.05, 3.63) is 11.3 Å². The predicted molar refractivity (Wildman–Crippen MR) is 72.1 cm³/mol. The summed E-state index contributed by atoms with van der Waals surface area (Å²) in [4.78, 5) is 11.2. The maximum Gasteiger partial charge on any atom is 0.340 e. The first kappa shape index (κ1) is 15.0. The minimum absolute atomic E-state index is 0.241. The van der Waals surface area contributed by atoms with Gasteiger partial charge in [0.1, 0.15) is 5.56 Å². The molecule has 112 valence electrons. The number of rotatable bonds is 5.